The molecule has 3 rings (SSSR count). The number of benzene rings is 1. The van der Waals surface area contributed by atoms with Crippen molar-refractivity contribution >= 4 is 32.8 Å². The largest absolute Gasteiger partial charge is 0.309 e. The first-order chi connectivity index (χ1) is 9.79. The number of aryl methyl sites for hydroxylation is 1. The highest BCUT2D eigenvalue weighted by molar-refractivity contribution is 7.17. The summed E-state index contributed by atoms with van der Waals surface area (Å²) in [6, 6.07) is 11.4. The molecule has 3 aromatic rings. The van der Waals surface area contributed by atoms with Crippen LogP contribution in [0.1, 0.15) is 29.0 Å². The standard InChI is InChI=1S/C17H19NS2/c1-3-18-15(17-12(2)8-9-19-17)10-13-11-20-16-7-5-4-6-14(13)16/h4-9,11,15,18H,3,10H2,1-2H3. The quantitative estimate of drug-likeness (QED) is 0.686. The van der Waals surface area contributed by atoms with Crippen molar-refractivity contribution in [3.63, 3.8) is 0 Å². The van der Waals surface area contributed by atoms with Gasteiger partial charge >= 0.3 is 0 Å². The molecule has 0 spiro atoms. The first-order valence-corrected chi connectivity index (χ1v) is 8.78. The van der Waals surface area contributed by atoms with Gasteiger partial charge in [-0.3, -0.25) is 0 Å². The molecule has 0 aliphatic rings. The lowest BCUT2D eigenvalue weighted by Crippen LogP contribution is -2.22. The third-order valence-corrected chi connectivity index (χ3v) is 5.80. The molecule has 0 fully saturated rings. The highest BCUT2D eigenvalue weighted by Gasteiger charge is 2.16. The summed E-state index contributed by atoms with van der Waals surface area (Å²) in [6.07, 6.45) is 1.07. The fourth-order valence-corrected chi connectivity index (χ4v) is 4.64. The maximum absolute atomic E-state index is 3.64. The van der Waals surface area contributed by atoms with E-state index in [2.05, 4.69) is 60.3 Å². The van der Waals surface area contributed by atoms with Crippen molar-refractivity contribution in [2.45, 2.75) is 26.3 Å². The summed E-state index contributed by atoms with van der Waals surface area (Å²) in [7, 11) is 0. The summed E-state index contributed by atoms with van der Waals surface area (Å²) in [5, 5.41) is 9.57. The molecular formula is C17H19NS2. The predicted molar refractivity (Wildman–Crippen MR) is 91.0 cm³/mol. The lowest BCUT2D eigenvalue weighted by molar-refractivity contribution is 0.558. The molecule has 1 N–H and O–H groups in total. The zero-order valence-electron chi connectivity index (χ0n) is 11.8. The Hall–Kier alpha value is -1.16. The van der Waals surface area contributed by atoms with Crippen LogP contribution in [0.25, 0.3) is 10.1 Å². The van der Waals surface area contributed by atoms with Crippen LogP contribution >= 0.6 is 22.7 Å². The number of thiophene rings is 2. The fourth-order valence-electron chi connectivity index (χ4n) is 2.66. The highest BCUT2D eigenvalue weighted by Crippen LogP contribution is 2.32. The van der Waals surface area contributed by atoms with Crippen LogP contribution in [0.2, 0.25) is 0 Å². The molecule has 0 saturated heterocycles. The summed E-state index contributed by atoms with van der Waals surface area (Å²) in [4.78, 5) is 1.47. The molecular weight excluding hydrogens is 282 g/mol. The van der Waals surface area contributed by atoms with Gasteiger partial charge in [-0.1, -0.05) is 25.1 Å². The van der Waals surface area contributed by atoms with Gasteiger partial charge in [0.1, 0.15) is 0 Å². The first-order valence-electron chi connectivity index (χ1n) is 7.02. The molecule has 2 aromatic heterocycles. The number of fused-ring (bicyclic) bond motifs is 1. The molecule has 2 heterocycles. The maximum Gasteiger partial charge on any atom is 0.0458 e. The normalized spacial score (nSPS) is 12.9. The topological polar surface area (TPSA) is 12.0 Å². The SMILES string of the molecule is CCNC(Cc1csc2ccccc12)c1sccc1C. The minimum Gasteiger partial charge on any atom is -0.309 e. The van der Waals surface area contributed by atoms with E-state index in [1.54, 1.807) is 0 Å². The summed E-state index contributed by atoms with van der Waals surface area (Å²) < 4.78 is 1.39. The van der Waals surface area contributed by atoms with Crippen molar-refractivity contribution in [1.29, 1.82) is 0 Å². The van der Waals surface area contributed by atoms with Crippen molar-refractivity contribution in [3.8, 4) is 0 Å². The molecule has 0 aliphatic carbocycles. The summed E-state index contributed by atoms with van der Waals surface area (Å²) in [5.41, 5.74) is 2.87. The van der Waals surface area contributed by atoms with Crippen LogP contribution in [0, 0.1) is 6.92 Å². The third-order valence-electron chi connectivity index (χ3n) is 3.65. The van der Waals surface area contributed by atoms with Gasteiger partial charge in [0.05, 0.1) is 0 Å². The average Bonchev–Trinajstić information content (AvgIpc) is 3.05. The molecule has 3 heteroatoms. The Balaban J connectivity index is 1.92. The molecule has 0 radical (unpaired) electrons. The van der Waals surface area contributed by atoms with Crippen LogP contribution in [0.3, 0.4) is 0 Å². The number of likely N-dealkylation sites (N-methyl/N-ethyl adjacent to an activating group) is 1. The summed E-state index contributed by atoms with van der Waals surface area (Å²) >= 11 is 3.72. The lowest BCUT2D eigenvalue weighted by Gasteiger charge is -2.17. The Morgan fingerprint density at radius 1 is 1.15 bits per heavy atom. The molecule has 0 amide bonds. The molecule has 1 aromatic carbocycles. The second-order valence-electron chi connectivity index (χ2n) is 5.04. The Morgan fingerprint density at radius 2 is 2.00 bits per heavy atom. The van der Waals surface area contributed by atoms with E-state index < -0.39 is 0 Å². The van der Waals surface area contributed by atoms with Gasteiger partial charge in [-0.05, 0) is 59.3 Å². The van der Waals surface area contributed by atoms with Gasteiger partial charge in [-0.2, -0.15) is 0 Å². The zero-order chi connectivity index (χ0) is 13.9. The minimum atomic E-state index is 0.429. The lowest BCUT2D eigenvalue weighted by atomic mass is 10.0. The first kappa shape index (κ1) is 13.8. The van der Waals surface area contributed by atoms with Crippen LogP contribution in [-0.4, -0.2) is 6.54 Å². The summed E-state index contributed by atoms with van der Waals surface area (Å²) in [6.45, 7) is 5.40. The van der Waals surface area contributed by atoms with E-state index in [0.717, 1.165) is 13.0 Å². The van der Waals surface area contributed by atoms with E-state index >= 15 is 0 Å². The zero-order valence-corrected chi connectivity index (χ0v) is 13.5. The number of hydrogen-bond acceptors (Lipinski definition) is 3. The molecule has 0 saturated carbocycles. The van der Waals surface area contributed by atoms with Gasteiger partial charge in [0, 0.05) is 15.6 Å². The Labute approximate surface area is 128 Å². The maximum atomic E-state index is 3.64. The van der Waals surface area contributed by atoms with Gasteiger partial charge in [-0.25, -0.2) is 0 Å². The van der Waals surface area contributed by atoms with Gasteiger partial charge in [0.2, 0.25) is 0 Å². The van der Waals surface area contributed by atoms with Gasteiger partial charge in [0.15, 0.2) is 0 Å². The van der Waals surface area contributed by atoms with E-state index in [1.165, 1.54) is 26.1 Å². The number of nitrogens with one attached hydrogen (secondary N) is 1. The average molecular weight is 301 g/mol. The highest BCUT2D eigenvalue weighted by atomic mass is 32.1. The molecule has 1 unspecified atom stereocenters. The van der Waals surface area contributed by atoms with Crippen LogP contribution in [0.5, 0.6) is 0 Å². The van der Waals surface area contributed by atoms with E-state index in [-0.39, 0.29) is 0 Å². The number of hydrogen-bond donors (Lipinski definition) is 1. The molecule has 104 valence electrons. The van der Waals surface area contributed by atoms with Crippen molar-refractivity contribution in [2.75, 3.05) is 6.54 Å². The fraction of sp³-hybridized carbons (Fsp3) is 0.294. The van der Waals surface area contributed by atoms with Crippen LogP contribution < -0.4 is 5.32 Å². The van der Waals surface area contributed by atoms with Crippen molar-refractivity contribution < 1.29 is 0 Å². The monoisotopic (exact) mass is 301 g/mol. The second kappa shape index (κ2) is 6.08. The smallest absolute Gasteiger partial charge is 0.0458 e. The Bertz CT molecular complexity index is 696. The molecule has 1 atom stereocenters. The van der Waals surface area contributed by atoms with E-state index in [1.807, 2.05) is 22.7 Å². The molecule has 20 heavy (non-hydrogen) atoms. The minimum absolute atomic E-state index is 0.429. The van der Waals surface area contributed by atoms with Crippen LogP contribution in [0.4, 0.5) is 0 Å². The van der Waals surface area contributed by atoms with Crippen molar-refractivity contribution in [2.24, 2.45) is 0 Å². The predicted octanol–water partition coefficient (Wildman–Crippen LogP) is 5.16. The van der Waals surface area contributed by atoms with Crippen LogP contribution in [-0.2, 0) is 6.42 Å². The van der Waals surface area contributed by atoms with Gasteiger partial charge in [0.25, 0.3) is 0 Å². The second-order valence-corrected chi connectivity index (χ2v) is 6.90. The summed E-state index contributed by atoms with van der Waals surface area (Å²) in [5.74, 6) is 0. The molecule has 1 nitrogen and oxygen atoms in total. The molecule has 0 aliphatic heterocycles. The van der Waals surface area contributed by atoms with E-state index in [9.17, 15) is 0 Å². The van der Waals surface area contributed by atoms with E-state index in [4.69, 9.17) is 0 Å². The molecule has 0 bridgehead atoms. The van der Waals surface area contributed by atoms with Gasteiger partial charge in [-0.15, -0.1) is 22.7 Å². The third kappa shape index (κ3) is 2.66. The number of rotatable bonds is 5. The Kier molecular flexibility index (Phi) is 4.20. The van der Waals surface area contributed by atoms with E-state index in [0.29, 0.717) is 6.04 Å². The van der Waals surface area contributed by atoms with Crippen LogP contribution in [0.15, 0.2) is 41.1 Å². The van der Waals surface area contributed by atoms with Crippen molar-refractivity contribution in [3.05, 3.63) is 57.1 Å². The van der Waals surface area contributed by atoms with Crippen molar-refractivity contribution in [1.82, 2.24) is 5.32 Å². The Morgan fingerprint density at radius 3 is 2.75 bits per heavy atom. The van der Waals surface area contributed by atoms with Gasteiger partial charge < -0.3 is 5.32 Å².